The summed E-state index contributed by atoms with van der Waals surface area (Å²) in [6, 6.07) is 6.29. The Balaban J connectivity index is 1.97. The third-order valence-corrected chi connectivity index (χ3v) is 4.30. The maximum atomic E-state index is 5.69. The number of nitrogens with one attached hydrogen (secondary N) is 1. The van der Waals surface area contributed by atoms with Gasteiger partial charge >= 0.3 is 0 Å². The summed E-state index contributed by atoms with van der Waals surface area (Å²) >= 11 is 0. The van der Waals surface area contributed by atoms with Gasteiger partial charge in [-0.25, -0.2) is 4.98 Å². The lowest BCUT2D eigenvalue weighted by atomic mass is 10.0. The third-order valence-electron chi connectivity index (χ3n) is 4.30. The summed E-state index contributed by atoms with van der Waals surface area (Å²) in [5, 5.41) is 3.22. The van der Waals surface area contributed by atoms with E-state index in [0.29, 0.717) is 19.8 Å². The van der Waals surface area contributed by atoms with Gasteiger partial charge in [-0.05, 0) is 25.5 Å². The summed E-state index contributed by atoms with van der Waals surface area (Å²) in [5.74, 6) is 0.883. The molecule has 0 saturated heterocycles. The molecule has 5 nitrogen and oxygen atoms in total. The number of hydrogen-bond donors (Lipinski definition) is 1. The van der Waals surface area contributed by atoms with Crippen LogP contribution in [0.1, 0.15) is 42.4 Å². The molecule has 0 bridgehead atoms. The van der Waals surface area contributed by atoms with Crippen LogP contribution in [-0.2, 0) is 23.1 Å². The van der Waals surface area contributed by atoms with Crippen molar-refractivity contribution in [3.05, 3.63) is 53.6 Å². The molecule has 1 heterocycles. The van der Waals surface area contributed by atoms with E-state index in [-0.39, 0.29) is 0 Å². The molecule has 0 saturated carbocycles. The fourth-order valence-corrected chi connectivity index (χ4v) is 2.68. The molecule has 0 unspecified atom stereocenters. The minimum atomic E-state index is 0.466. The van der Waals surface area contributed by atoms with Crippen molar-refractivity contribution in [2.45, 2.75) is 33.3 Å². The minimum absolute atomic E-state index is 0.466. The van der Waals surface area contributed by atoms with Gasteiger partial charge in [0.15, 0.2) is 0 Å². The fraction of sp³-hybridized carbons (Fsp3) is 0.476. The molecule has 26 heavy (non-hydrogen) atoms. The zero-order valence-electron chi connectivity index (χ0n) is 16.5. The van der Waals surface area contributed by atoms with Crippen molar-refractivity contribution in [3.63, 3.8) is 0 Å². The predicted molar refractivity (Wildman–Crippen MR) is 107 cm³/mol. The van der Waals surface area contributed by atoms with Crippen LogP contribution in [0.5, 0.6) is 0 Å². The van der Waals surface area contributed by atoms with Crippen LogP contribution in [0.15, 0.2) is 31.0 Å². The normalized spacial score (nSPS) is 10.9. The van der Waals surface area contributed by atoms with Crippen LogP contribution < -0.4 is 5.32 Å². The van der Waals surface area contributed by atoms with Crippen molar-refractivity contribution in [1.82, 2.24) is 9.55 Å². The van der Waals surface area contributed by atoms with E-state index < -0.39 is 0 Å². The van der Waals surface area contributed by atoms with Gasteiger partial charge in [-0.15, -0.1) is 0 Å². The number of nitrogens with zero attached hydrogens (tertiary/aromatic N) is 2. The highest BCUT2D eigenvalue weighted by Gasteiger charge is 2.13. The molecule has 0 aliphatic carbocycles. The maximum Gasteiger partial charge on any atom is 0.135 e. The van der Waals surface area contributed by atoms with E-state index in [0.717, 1.165) is 47.8 Å². The second-order valence-corrected chi connectivity index (χ2v) is 6.45. The number of anilines is 1. The molecule has 0 radical (unpaired) electrons. The Hall–Kier alpha value is -2.11. The van der Waals surface area contributed by atoms with Crippen molar-refractivity contribution < 1.29 is 9.47 Å². The fourth-order valence-electron chi connectivity index (χ4n) is 2.68. The van der Waals surface area contributed by atoms with E-state index in [2.05, 4.69) is 43.9 Å². The highest BCUT2D eigenvalue weighted by atomic mass is 16.5. The summed E-state index contributed by atoms with van der Waals surface area (Å²) in [6.07, 6.45) is 4.25. The maximum absolute atomic E-state index is 5.69. The molecule has 2 rings (SSSR count). The van der Waals surface area contributed by atoms with Crippen LogP contribution in [0, 0.1) is 6.92 Å². The summed E-state index contributed by atoms with van der Waals surface area (Å²) in [6.45, 7) is 11.0. The first-order valence-corrected chi connectivity index (χ1v) is 9.22. The van der Waals surface area contributed by atoms with Gasteiger partial charge in [-0.3, -0.25) is 0 Å². The van der Waals surface area contributed by atoms with E-state index in [1.54, 1.807) is 0 Å². The van der Waals surface area contributed by atoms with E-state index in [1.165, 1.54) is 5.56 Å². The molecule has 1 N–H and O–H groups in total. The van der Waals surface area contributed by atoms with E-state index in [9.17, 15) is 0 Å². The van der Waals surface area contributed by atoms with Crippen LogP contribution >= 0.6 is 0 Å². The largest absolute Gasteiger partial charge is 0.388 e. The van der Waals surface area contributed by atoms with Crippen molar-refractivity contribution in [2.24, 2.45) is 7.05 Å². The number of aryl methyl sites for hydroxylation is 2. The smallest absolute Gasteiger partial charge is 0.135 e. The number of hydrogen-bond acceptors (Lipinski definition) is 4. The Kier molecular flexibility index (Phi) is 7.88. The Labute approximate surface area is 157 Å². The molecule has 0 atom stereocenters. The Bertz CT molecular complexity index is 722. The van der Waals surface area contributed by atoms with Crippen molar-refractivity contribution >= 4 is 11.3 Å². The van der Waals surface area contributed by atoms with Gasteiger partial charge < -0.3 is 19.4 Å². The summed E-state index contributed by atoms with van der Waals surface area (Å²) < 4.78 is 13.2. The number of ether oxygens (including phenoxy) is 2. The number of rotatable bonds is 11. The predicted octanol–water partition coefficient (Wildman–Crippen LogP) is 4.17. The molecule has 1 aromatic heterocycles. The number of unbranched alkanes of at least 4 members (excludes halogenated alkanes) is 1. The topological polar surface area (TPSA) is 48.3 Å². The summed E-state index contributed by atoms with van der Waals surface area (Å²) in [4.78, 5) is 4.71. The first-order valence-electron chi connectivity index (χ1n) is 9.22. The molecule has 2 aromatic rings. The van der Waals surface area contributed by atoms with Crippen LogP contribution in [0.2, 0.25) is 0 Å². The number of aromatic nitrogens is 2. The highest BCUT2D eigenvalue weighted by molar-refractivity contribution is 5.83. The molecule has 0 aliphatic rings. The van der Waals surface area contributed by atoms with Crippen LogP contribution in [0.3, 0.4) is 0 Å². The summed E-state index contributed by atoms with van der Waals surface area (Å²) in [5.41, 5.74) is 5.09. The Morgan fingerprint density at radius 3 is 2.73 bits per heavy atom. The average Bonchev–Trinajstić information content (AvgIpc) is 3.01. The van der Waals surface area contributed by atoms with Gasteiger partial charge in [0.1, 0.15) is 12.4 Å². The van der Waals surface area contributed by atoms with Crippen LogP contribution in [-0.4, -0.2) is 36.4 Å². The lowest BCUT2D eigenvalue weighted by Crippen LogP contribution is -2.07. The van der Waals surface area contributed by atoms with E-state index in [1.807, 2.05) is 24.9 Å². The van der Waals surface area contributed by atoms with E-state index in [4.69, 9.17) is 14.5 Å². The zero-order valence-corrected chi connectivity index (χ0v) is 16.5. The molecule has 0 amide bonds. The molecule has 0 aliphatic heterocycles. The molecule has 0 spiro atoms. The first kappa shape index (κ1) is 20.2. The standard InChI is InChI=1S/C21H31N3O2/c1-6-7-10-25-11-12-26-15-21-23-20(14-24(21)5)17(3)18-13-16(2)8-9-19(18)22-4/h8-9,13-14,22H,3,6-7,10-12,15H2,1-2,4-5H3. The average molecular weight is 357 g/mol. The van der Waals surface area contributed by atoms with Gasteiger partial charge in [0.05, 0.1) is 18.9 Å². The molecular formula is C21H31N3O2. The zero-order chi connectivity index (χ0) is 18.9. The van der Waals surface area contributed by atoms with Crippen molar-refractivity contribution in [3.8, 4) is 0 Å². The van der Waals surface area contributed by atoms with Crippen molar-refractivity contribution in [1.29, 1.82) is 0 Å². The first-order chi connectivity index (χ1) is 12.6. The molecule has 0 fully saturated rings. The van der Waals surface area contributed by atoms with Crippen LogP contribution in [0.25, 0.3) is 5.57 Å². The minimum Gasteiger partial charge on any atom is -0.388 e. The van der Waals surface area contributed by atoms with Crippen molar-refractivity contribution in [2.75, 3.05) is 32.2 Å². The second kappa shape index (κ2) is 10.1. The lowest BCUT2D eigenvalue weighted by molar-refractivity contribution is 0.0367. The summed E-state index contributed by atoms with van der Waals surface area (Å²) in [7, 11) is 3.90. The Morgan fingerprint density at radius 2 is 2.00 bits per heavy atom. The van der Waals surface area contributed by atoms with E-state index >= 15 is 0 Å². The monoisotopic (exact) mass is 357 g/mol. The molecule has 1 aromatic carbocycles. The number of benzene rings is 1. The third kappa shape index (κ3) is 5.44. The Morgan fingerprint density at radius 1 is 1.23 bits per heavy atom. The SMILES string of the molecule is C=C(c1cn(C)c(COCCOCCCC)n1)c1cc(C)ccc1NC. The quantitative estimate of drug-likeness (QED) is 0.613. The lowest BCUT2D eigenvalue weighted by Gasteiger charge is -2.11. The van der Waals surface area contributed by atoms with Gasteiger partial charge in [-0.2, -0.15) is 0 Å². The van der Waals surface area contributed by atoms with Gasteiger partial charge in [0, 0.05) is 43.7 Å². The second-order valence-electron chi connectivity index (χ2n) is 6.45. The van der Waals surface area contributed by atoms with Crippen LogP contribution in [0.4, 0.5) is 5.69 Å². The van der Waals surface area contributed by atoms with Gasteiger partial charge in [0.2, 0.25) is 0 Å². The van der Waals surface area contributed by atoms with Gasteiger partial charge in [0.25, 0.3) is 0 Å². The molecular weight excluding hydrogens is 326 g/mol. The number of imidazole rings is 1. The highest BCUT2D eigenvalue weighted by Crippen LogP contribution is 2.28. The van der Waals surface area contributed by atoms with Gasteiger partial charge in [-0.1, -0.05) is 31.6 Å². The molecule has 142 valence electrons. The molecule has 5 heteroatoms.